The molecule has 0 bridgehead atoms. The van der Waals surface area contributed by atoms with Crippen LogP contribution in [0.5, 0.6) is 5.75 Å². The second-order valence-electron chi connectivity index (χ2n) is 5.84. The average Bonchev–Trinajstić information content (AvgIpc) is 2.63. The van der Waals surface area contributed by atoms with Crippen LogP contribution in [0.25, 0.3) is 5.69 Å². The topological polar surface area (TPSA) is 127 Å². The van der Waals surface area contributed by atoms with Crippen molar-refractivity contribution in [3.05, 3.63) is 85.3 Å². The van der Waals surface area contributed by atoms with Gasteiger partial charge in [-0.1, -0.05) is 23.7 Å². The second kappa shape index (κ2) is 7.49. The number of halogens is 1. The summed E-state index contributed by atoms with van der Waals surface area (Å²) in [7, 11) is 0. The molecule has 3 aromatic rings. The lowest BCUT2D eigenvalue weighted by atomic mass is 10.2. The lowest BCUT2D eigenvalue weighted by Crippen LogP contribution is -2.25. The summed E-state index contributed by atoms with van der Waals surface area (Å²) in [5.41, 5.74) is 0.127. The molecule has 1 aromatic heterocycles. The van der Waals surface area contributed by atoms with Crippen LogP contribution in [0.3, 0.4) is 0 Å². The molecule has 0 aliphatic rings. The molecule has 142 valence electrons. The summed E-state index contributed by atoms with van der Waals surface area (Å²) in [4.78, 5) is 34.8. The van der Waals surface area contributed by atoms with Gasteiger partial charge >= 0.3 is 0 Å². The normalized spacial score (nSPS) is 10.5. The van der Waals surface area contributed by atoms with Gasteiger partial charge in [-0.15, -0.1) is 0 Å². The highest BCUT2D eigenvalue weighted by atomic mass is 35.5. The van der Waals surface area contributed by atoms with E-state index in [4.69, 9.17) is 11.6 Å². The number of nitrogens with zero attached hydrogens (tertiary/aromatic N) is 3. The van der Waals surface area contributed by atoms with Crippen LogP contribution in [-0.4, -0.2) is 25.7 Å². The first-order valence-corrected chi connectivity index (χ1v) is 8.30. The van der Waals surface area contributed by atoms with Gasteiger partial charge in [-0.3, -0.25) is 19.7 Å². The highest BCUT2D eigenvalue weighted by Gasteiger charge is 2.19. The van der Waals surface area contributed by atoms with E-state index in [2.05, 4.69) is 10.4 Å². The van der Waals surface area contributed by atoms with Crippen molar-refractivity contribution < 1.29 is 14.8 Å². The molecule has 0 atom stereocenters. The van der Waals surface area contributed by atoms with Crippen molar-refractivity contribution in [1.82, 2.24) is 9.78 Å². The van der Waals surface area contributed by atoms with Crippen LogP contribution in [0.2, 0.25) is 5.02 Å². The zero-order valence-corrected chi connectivity index (χ0v) is 15.2. The van der Waals surface area contributed by atoms with E-state index >= 15 is 0 Å². The fraction of sp³-hybridized carbons (Fsp3) is 0.0556. The number of nitro benzene ring substituents is 1. The number of aromatic hydroxyl groups is 1. The minimum atomic E-state index is -0.838. The van der Waals surface area contributed by atoms with Crippen LogP contribution in [0, 0.1) is 17.0 Å². The predicted octanol–water partition coefficient (Wildman–Crippen LogP) is 3.06. The van der Waals surface area contributed by atoms with Gasteiger partial charge < -0.3 is 10.4 Å². The van der Waals surface area contributed by atoms with Crippen LogP contribution in [0.15, 0.2) is 53.3 Å². The number of carbonyl (C=O) groups is 1. The Morgan fingerprint density at radius 3 is 2.64 bits per heavy atom. The number of nitrogens with one attached hydrogen (secondary N) is 1. The SMILES string of the molecule is Cc1cccc(-n2nc(C(=O)Nc3ccc([N+](=O)[O-])cc3Cl)c(O)cc2=O)c1. The fourth-order valence-corrected chi connectivity index (χ4v) is 2.68. The van der Waals surface area contributed by atoms with E-state index in [0.29, 0.717) is 5.69 Å². The maximum atomic E-state index is 12.5. The molecule has 0 fully saturated rings. The number of hydrogen-bond acceptors (Lipinski definition) is 6. The van der Waals surface area contributed by atoms with Gasteiger partial charge in [-0.25, -0.2) is 0 Å². The summed E-state index contributed by atoms with van der Waals surface area (Å²) in [5.74, 6) is -1.45. The van der Waals surface area contributed by atoms with Crippen molar-refractivity contribution in [3.63, 3.8) is 0 Å². The molecule has 9 nitrogen and oxygen atoms in total. The van der Waals surface area contributed by atoms with Crippen molar-refractivity contribution >= 4 is 28.9 Å². The Hall–Kier alpha value is -3.72. The molecule has 0 saturated heterocycles. The number of amides is 1. The monoisotopic (exact) mass is 400 g/mol. The largest absolute Gasteiger partial charge is 0.505 e. The molecular weight excluding hydrogens is 388 g/mol. The Morgan fingerprint density at radius 1 is 1.25 bits per heavy atom. The third-order valence-corrected chi connectivity index (χ3v) is 4.10. The minimum Gasteiger partial charge on any atom is -0.505 e. The third-order valence-electron chi connectivity index (χ3n) is 3.78. The van der Waals surface area contributed by atoms with Gasteiger partial charge in [0.05, 0.1) is 21.3 Å². The van der Waals surface area contributed by atoms with Crippen molar-refractivity contribution in [2.45, 2.75) is 6.92 Å². The number of aromatic nitrogens is 2. The van der Waals surface area contributed by atoms with E-state index in [9.17, 15) is 24.8 Å². The summed E-state index contributed by atoms with van der Waals surface area (Å²) < 4.78 is 0.985. The van der Waals surface area contributed by atoms with E-state index in [-0.39, 0.29) is 16.4 Å². The second-order valence-corrected chi connectivity index (χ2v) is 6.25. The van der Waals surface area contributed by atoms with Gasteiger partial charge in [-0.2, -0.15) is 9.78 Å². The highest BCUT2D eigenvalue weighted by molar-refractivity contribution is 6.34. The molecule has 0 radical (unpaired) electrons. The smallest absolute Gasteiger partial charge is 0.280 e. The van der Waals surface area contributed by atoms with E-state index in [0.717, 1.165) is 22.4 Å². The highest BCUT2D eigenvalue weighted by Crippen LogP contribution is 2.27. The number of non-ortho nitro benzene ring substituents is 1. The Bertz CT molecular complexity index is 1160. The first-order chi connectivity index (χ1) is 13.3. The van der Waals surface area contributed by atoms with Crippen LogP contribution >= 0.6 is 11.6 Å². The molecule has 28 heavy (non-hydrogen) atoms. The third kappa shape index (κ3) is 3.84. The van der Waals surface area contributed by atoms with Crippen molar-refractivity contribution in [2.24, 2.45) is 0 Å². The van der Waals surface area contributed by atoms with Crippen LogP contribution in [0.4, 0.5) is 11.4 Å². The Morgan fingerprint density at radius 2 is 2.00 bits per heavy atom. The van der Waals surface area contributed by atoms with Crippen LogP contribution < -0.4 is 10.9 Å². The van der Waals surface area contributed by atoms with Gasteiger partial charge in [0.2, 0.25) is 0 Å². The molecule has 0 saturated carbocycles. The molecule has 0 aliphatic heterocycles. The summed E-state index contributed by atoms with van der Waals surface area (Å²) in [6.45, 7) is 1.83. The number of hydrogen-bond donors (Lipinski definition) is 2. The van der Waals surface area contributed by atoms with Crippen molar-refractivity contribution in [3.8, 4) is 11.4 Å². The molecule has 0 spiro atoms. The zero-order chi connectivity index (χ0) is 20.4. The van der Waals surface area contributed by atoms with E-state index < -0.39 is 27.8 Å². The molecule has 1 amide bonds. The molecular formula is C18H13ClN4O5. The number of benzene rings is 2. The van der Waals surface area contributed by atoms with Crippen LogP contribution in [-0.2, 0) is 0 Å². The van der Waals surface area contributed by atoms with Gasteiger partial charge in [-0.05, 0) is 30.7 Å². The minimum absolute atomic E-state index is 0.0611. The number of aryl methyl sites for hydroxylation is 1. The summed E-state index contributed by atoms with van der Waals surface area (Å²) in [6, 6.07) is 11.3. The lowest BCUT2D eigenvalue weighted by molar-refractivity contribution is -0.384. The van der Waals surface area contributed by atoms with Crippen LogP contribution in [0.1, 0.15) is 16.1 Å². The maximum Gasteiger partial charge on any atom is 0.280 e. The predicted molar refractivity (Wildman–Crippen MR) is 102 cm³/mol. The number of carbonyl (C=O) groups excluding carboxylic acids is 1. The van der Waals surface area contributed by atoms with Gasteiger partial charge in [0, 0.05) is 18.2 Å². The Labute approximate surface area is 163 Å². The number of nitro groups is 1. The molecule has 10 heteroatoms. The fourth-order valence-electron chi connectivity index (χ4n) is 2.45. The molecule has 1 heterocycles. The first kappa shape index (κ1) is 19.1. The van der Waals surface area contributed by atoms with Gasteiger partial charge in [0.1, 0.15) is 0 Å². The van der Waals surface area contributed by atoms with E-state index in [1.165, 1.54) is 12.1 Å². The van der Waals surface area contributed by atoms with Crippen molar-refractivity contribution in [1.29, 1.82) is 0 Å². The average molecular weight is 401 g/mol. The lowest BCUT2D eigenvalue weighted by Gasteiger charge is -2.10. The molecule has 3 rings (SSSR count). The summed E-state index contributed by atoms with van der Waals surface area (Å²) in [6.07, 6.45) is 0. The Kier molecular flexibility index (Phi) is 5.10. The van der Waals surface area contributed by atoms with Gasteiger partial charge in [0.15, 0.2) is 11.4 Å². The first-order valence-electron chi connectivity index (χ1n) is 7.92. The maximum absolute atomic E-state index is 12.5. The van der Waals surface area contributed by atoms with Crippen molar-refractivity contribution in [2.75, 3.05) is 5.32 Å². The summed E-state index contributed by atoms with van der Waals surface area (Å²) >= 11 is 5.96. The van der Waals surface area contributed by atoms with E-state index in [1.807, 2.05) is 13.0 Å². The standard InChI is InChI=1S/C18H13ClN4O5/c1-10-3-2-4-11(7-10)22-16(25)9-15(24)17(21-22)18(26)20-14-6-5-12(23(27)28)8-13(14)19/h2-9,24H,1H3,(H,20,26). The van der Waals surface area contributed by atoms with Gasteiger partial charge in [0.25, 0.3) is 17.2 Å². The summed E-state index contributed by atoms with van der Waals surface area (Å²) in [5, 5.41) is 27.1. The quantitative estimate of drug-likeness (QED) is 0.511. The molecule has 0 unspecified atom stereocenters. The molecule has 0 aliphatic carbocycles. The molecule has 2 aromatic carbocycles. The number of anilines is 1. The van der Waals surface area contributed by atoms with E-state index in [1.54, 1.807) is 18.2 Å². The number of rotatable bonds is 4. The Balaban J connectivity index is 1.97. The zero-order valence-electron chi connectivity index (χ0n) is 14.4. The molecule has 2 N–H and O–H groups in total.